The van der Waals surface area contributed by atoms with Gasteiger partial charge in [-0.1, -0.05) is 12.1 Å². The number of tetrazole rings is 1. The van der Waals surface area contributed by atoms with Crippen LogP contribution in [-0.4, -0.2) is 25.2 Å². The van der Waals surface area contributed by atoms with Crippen molar-refractivity contribution in [2.24, 2.45) is 0 Å². The van der Waals surface area contributed by atoms with Crippen LogP contribution in [0.25, 0.3) is 15.2 Å². The van der Waals surface area contributed by atoms with E-state index < -0.39 is 0 Å². The van der Waals surface area contributed by atoms with Gasteiger partial charge in [-0.2, -0.15) is 4.68 Å². The first-order valence-electron chi connectivity index (χ1n) is 6.60. The van der Waals surface area contributed by atoms with Crippen LogP contribution in [0.3, 0.4) is 0 Å². The largest absolute Gasteiger partial charge is 0.229 e. The van der Waals surface area contributed by atoms with E-state index in [1.165, 1.54) is 26.9 Å². The van der Waals surface area contributed by atoms with Gasteiger partial charge in [-0.25, -0.2) is 4.98 Å². The van der Waals surface area contributed by atoms with Gasteiger partial charge in [-0.3, -0.25) is 0 Å². The monoisotopic (exact) mass is 345 g/mol. The lowest BCUT2D eigenvalue weighted by molar-refractivity contribution is 0.767. The van der Waals surface area contributed by atoms with E-state index in [0.29, 0.717) is 0 Å². The summed E-state index contributed by atoms with van der Waals surface area (Å²) in [5, 5.41) is 13.8. The molecule has 22 heavy (non-hydrogen) atoms. The minimum Gasteiger partial charge on any atom is -0.229 e. The lowest BCUT2D eigenvalue weighted by atomic mass is 10.3. The summed E-state index contributed by atoms with van der Waals surface area (Å²) < 4.78 is 3.90. The zero-order chi connectivity index (χ0) is 15.1. The molecule has 0 unspecified atom stereocenters. The van der Waals surface area contributed by atoms with E-state index in [1.54, 1.807) is 27.4 Å². The van der Waals surface area contributed by atoms with Crippen molar-refractivity contribution in [3.8, 4) is 5.00 Å². The first kappa shape index (κ1) is 13.9. The third kappa shape index (κ3) is 2.43. The molecule has 3 heterocycles. The van der Waals surface area contributed by atoms with Crippen molar-refractivity contribution in [2.75, 3.05) is 0 Å². The Morgan fingerprint density at radius 1 is 1.14 bits per heavy atom. The van der Waals surface area contributed by atoms with E-state index in [2.05, 4.69) is 46.5 Å². The molecule has 0 aliphatic heterocycles. The smallest absolute Gasteiger partial charge is 0.221 e. The van der Waals surface area contributed by atoms with Crippen LogP contribution in [0.4, 0.5) is 0 Å². The molecule has 0 saturated heterocycles. The summed E-state index contributed by atoms with van der Waals surface area (Å²) in [4.78, 5) is 5.90. The maximum Gasteiger partial charge on any atom is 0.221 e. The second-order valence-electron chi connectivity index (χ2n) is 4.75. The van der Waals surface area contributed by atoms with Gasteiger partial charge < -0.3 is 0 Å². The number of aromatic nitrogens is 5. The fraction of sp³-hybridized carbons (Fsp3) is 0.143. The number of benzene rings is 1. The van der Waals surface area contributed by atoms with Crippen LogP contribution < -0.4 is 0 Å². The van der Waals surface area contributed by atoms with Crippen LogP contribution in [0.5, 0.6) is 0 Å². The van der Waals surface area contributed by atoms with Gasteiger partial charge in [-0.05, 0) is 59.8 Å². The molecule has 4 aromatic rings. The molecule has 0 bridgehead atoms. The maximum absolute atomic E-state index is 4.62. The standard InChI is InChI=1S/C14H11N5S3/c1-8-7-12(20-9(8)2)19-13(16-17-18-19)22-14-15-10-5-3-4-6-11(10)21-14/h3-7H,1-2H3. The molecule has 0 fully saturated rings. The highest BCUT2D eigenvalue weighted by Crippen LogP contribution is 2.34. The van der Waals surface area contributed by atoms with E-state index in [4.69, 9.17) is 0 Å². The molecule has 0 N–H and O–H groups in total. The third-order valence-corrected chi connectivity index (χ3v) is 6.42. The summed E-state index contributed by atoms with van der Waals surface area (Å²) in [6, 6.07) is 10.2. The van der Waals surface area contributed by atoms with Crippen molar-refractivity contribution in [3.63, 3.8) is 0 Å². The van der Waals surface area contributed by atoms with Gasteiger partial charge in [0.1, 0.15) is 5.00 Å². The van der Waals surface area contributed by atoms with Crippen LogP contribution in [0.15, 0.2) is 39.8 Å². The molecule has 0 spiro atoms. The molecule has 110 valence electrons. The number of thiophene rings is 1. The molecule has 0 aliphatic carbocycles. The van der Waals surface area contributed by atoms with Crippen molar-refractivity contribution < 1.29 is 0 Å². The zero-order valence-electron chi connectivity index (χ0n) is 11.8. The highest BCUT2D eigenvalue weighted by molar-refractivity contribution is 8.01. The Bertz CT molecular complexity index is 900. The Kier molecular flexibility index (Phi) is 3.44. The van der Waals surface area contributed by atoms with E-state index in [0.717, 1.165) is 20.0 Å². The second kappa shape index (κ2) is 5.45. The predicted octanol–water partition coefficient (Wildman–Crippen LogP) is 4.10. The number of para-hydroxylation sites is 1. The minimum absolute atomic E-state index is 0.736. The number of aryl methyl sites for hydroxylation is 2. The van der Waals surface area contributed by atoms with Crippen molar-refractivity contribution in [3.05, 3.63) is 40.8 Å². The van der Waals surface area contributed by atoms with Crippen molar-refractivity contribution in [2.45, 2.75) is 23.3 Å². The highest BCUT2D eigenvalue weighted by atomic mass is 32.2. The molecule has 4 rings (SSSR count). The van der Waals surface area contributed by atoms with Crippen molar-refractivity contribution >= 4 is 44.7 Å². The SMILES string of the molecule is Cc1cc(-n2nnnc2Sc2nc3ccccc3s2)sc1C. The lowest BCUT2D eigenvalue weighted by Crippen LogP contribution is -1.95. The normalized spacial score (nSPS) is 11.4. The summed E-state index contributed by atoms with van der Waals surface area (Å²) >= 11 is 4.84. The quantitative estimate of drug-likeness (QED) is 0.559. The molecule has 0 atom stereocenters. The number of rotatable bonds is 3. The fourth-order valence-corrected chi connectivity index (χ4v) is 5.00. The van der Waals surface area contributed by atoms with Crippen molar-refractivity contribution in [1.82, 2.24) is 25.2 Å². The van der Waals surface area contributed by atoms with Gasteiger partial charge in [0.15, 0.2) is 4.34 Å². The number of hydrogen-bond donors (Lipinski definition) is 0. The van der Waals surface area contributed by atoms with Crippen LogP contribution >= 0.6 is 34.4 Å². The molecule has 5 nitrogen and oxygen atoms in total. The second-order valence-corrected chi connectivity index (χ2v) is 8.23. The van der Waals surface area contributed by atoms with E-state index in [-0.39, 0.29) is 0 Å². The Hall–Kier alpha value is -1.77. The number of hydrogen-bond acceptors (Lipinski definition) is 7. The Morgan fingerprint density at radius 3 is 2.77 bits per heavy atom. The Balaban J connectivity index is 1.70. The molecule has 0 radical (unpaired) electrons. The van der Waals surface area contributed by atoms with Crippen LogP contribution in [-0.2, 0) is 0 Å². The predicted molar refractivity (Wildman–Crippen MR) is 90.2 cm³/mol. The topological polar surface area (TPSA) is 56.5 Å². The molecule has 0 amide bonds. The summed E-state index contributed by atoms with van der Waals surface area (Å²) in [5.74, 6) is 0. The van der Waals surface area contributed by atoms with Crippen LogP contribution in [0.2, 0.25) is 0 Å². The van der Waals surface area contributed by atoms with Gasteiger partial charge in [0.2, 0.25) is 5.16 Å². The molecule has 8 heteroatoms. The average Bonchev–Trinajstić information content (AvgIpc) is 3.19. The highest BCUT2D eigenvalue weighted by Gasteiger charge is 2.15. The van der Waals surface area contributed by atoms with Crippen LogP contribution in [0, 0.1) is 13.8 Å². The fourth-order valence-electron chi connectivity index (χ4n) is 2.01. The number of thiazole rings is 1. The lowest BCUT2D eigenvalue weighted by Gasteiger charge is -1.98. The number of fused-ring (bicyclic) bond motifs is 1. The first-order chi connectivity index (χ1) is 10.7. The Morgan fingerprint density at radius 2 is 2.00 bits per heavy atom. The molecule has 0 aliphatic rings. The van der Waals surface area contributed by atoms with Gasteiger partial charge in [0, 0.05) is 4.88 Å². The van der Waals surface area contributed by atoms with Crippen molar-refractivity contribution in [1.29, 1.82) is 0 Å². The van der Waals surface area contributed by atoms with E-state index in [9.17, 15) is 0 Å². The minimum atomic E-state index is 0.736. The van der Waals surface area contributed by atoms with E-state index >= 15 is 0 Å². The summed E-state index contributed by atoms with van der Waals surface area (Å²) in [6.07, 6.45) is 0. The summed E-state index contributed by atoms with van der Waals surface area (Å²) in [5.41, 5.74) is 2.27. The first-order valence-corrected chi connectivity index (χ1v) is 9.05. The van der Waals surface area contributed by atoms with E-state index in [1.807, 2.05) is 18.2 Å². The van der Waals surface area contributed by atoms with Gasteiger partial charge in [-0.15, -0.1) is 27.8 Å². The van der Waals surface area contributed by atoms with Gasteiger partial charge in [0.05, 0.1) is 10.2 Å². The third-order valence-electron chi connectivity index (χ3n) is 3.26. The zero-order valence-corrected chi connectivity index (χ0v) is 14.3. The van der Waals surface area contributed by atoms with Gasteiger partial charge in [0.25, 0.3) is 0 Å². The van der Waals surface area contributed by atoms with Gasteiger partial charge >= 0.3 is 0 Å². The molecular formula is C14H11N5S3. The molecule has 0 saturated carbocycles. The summed E-state index contributed by atoms with van der Waals surface area (Å²) in [7, 11) is 0. The molecule has 3 aromatic heterocycles. The maximum atomic E-state index is 4.62. The van der Waals surface area contributed by atoms with Crippen LogP contribution in [0.1, 0.15) is 10.4 Å². The molecular weight excluding hydrogens is 334 g/mol. The molecule has 1 aromatic carbocycles. The summed E-state index contributed by atoms with van der Waals surface area (Å²) in [6.45, 7) is 4.20. The Labute approximate surface area is 139 Å². The number of nitrogens with zero attached hydrogens (tertiary/aromatic N) is 5. The average molecular weight is 345 g/mol.